The summed E-state index contributed by atoms with van der Waals surface area (Å²) in [5, 5.41) is 0. The Hall–Kier alpha value is -1.62. The second-order valence-electron chi connectivity index (χ2n) is 3.57. The average molecular weight is 210 g/mol. The lowest BCUT2D eigenvalue weighted by Crippen LogP contribution is -2.52. The van der Waals surface area contributed by atoms with E-state index in [1.165, 1.54) is 18.2 Å². The Morgan fingerprint density at radius 3 is 2.93 bits per heavy atom. The summed E-state index contributed by atoms with van der Waals surface area (Å²) in [4.78, 5) is 11.3. The van der Waals surface area contributed by atoms with Gasteiger partial charge in [-0.15, -0.1) is 0 Å². The molecule has 1 aromatic carbocycles. The highest BCUT2D eigenvalue weighted by Gasteiger charge is 2.39. The third-order valence-corrected chi connectivity index (χ3v) is 2.62. The van der Waals surface area contributed by atoms with Crippen molar-refractivity contribution in [1.82, 2.24) is 0 Å². The minimum absolute atomic E-state index is 0.263. The molecule has 1 heterocycles. The number of carbonyl (C=O) groups is 1. The van der Waals surface area contributed by atoms with Crippen molar-refractivity contribution >= 4 is 5.91 Å². The van der Waals surface area contributed by atoms with Crippen LogP contribution in [0, 0.1) is 5.82 Å². The molecule has 0 bridgehead atoms. The molecule has 4 N–H and O–H groups in total. The van der Waals surface area contributed by atoms with Crippen LogP contribution in [0.3, 0.4) is 0 Å². The maximum absolute atomic E-state index is 13.0. The van der Waals surface area contributed by atoms with Gasteiger partial charge in [0.15, 0.2) is 0 Å². The van der Waals surface area contributed by atoms with E-state index in [1.54, 1.807) is 0 Å². The maximum atomic E-state index is 13.0. The van der Waals surface area contributed by atoms with Crippen molar-refractivity contribution in [3.8, 4) is 5.75 Å². The lowest BCUT2D eigenvalue weighted by Gasteiger charge is -2.32. The van der Waals surface area contributed by atoms with Gasteiger partial charge in [0, 0.05) is 12.0 Å². The molecule has 1 aliphatic heterocycles. The van der Waals surface area contributed by atoms with Crippen LogP contribution in [0.25, 0.3) is 0 Å². The molecule has 2 rings (SSSR count). The summed E-state index contributed by atoms with van der Waals surface area (Å²) in [5.41, 5.74) is 10.1. The number of primary amides is 1. The number of amides is 1. The third-order valence-electron chi connectivity index (χ3n) is 2.62. The molecule has 80 valence electrons. The van der Waals surface area contributed by atoms with Gasteiger partial charge in [-0.25, -0.2) is 4.39 Å². The van der Waals surface area contributed by atoms with Crippen LogP contribution in [-0.2, 0) is 10.3 Å². The molecule has 0 unspecified atom stereocenters. The average Bonchev–Trinajstić information content (AvgIpc) is 2.19. The van der Waals surface area contributed by atoms with Crippen LogP contribution in [0.5, 0.6) is 5.75 Å². The van der Waals surface area contributed by atoms with E-state index < -0.39 is 17.3 Å². The minimum atomic E-state index is -1.32. The molecule has 0 spiro atoms. The number of ether oxygens (including phenoxy) is 1. The zero-order chi connectivity index (χ0) is 11.1. The number of nitrogens with two attached hydrogens (primary N) is 2. The second kappa shape index (κ2) is 3.20. The molecule has 4 nitrogen and oxygen atoms in total. The molecule has 0 aliphatic carbocycles. The van der Waals surface area contributed by atoms with E-state index in [4.69, 9.17) is 16.2 Å². The summed E-state index contributed by atoms with van der Waals surface area (Å²) in [5.74, 6) is -0.711. The Morgan fingerprint density at radius 1 is 1.53 bits per heavy atom. The van der Waals surface area contributed by atoms with Gasteiger partial charge < -0.3 is 16.2 Å². The molecule has 0 saturated carbocycles. The topological polar surface area (TPSA) is 78.3 Å². The minimum Gasteiger partial charge on any atom is -0.493 e. The van der Waals surface area contributed by atoms with Crippen LogP contribution in [0.2, 0.25) is 0 Å². The van der Waals surface area contributed by atoms with Crippen molar-refractivity contribution < 1.29 is 13.9 Å². The molecule has 1 atom stereocenters. The van der Waals surface area contributed by atoms with Crippen molar-refractivity contribution in [3.05, 3.63) is 29.6 Å². The van der Waals surface area contributed by atoms with Gasteiger partial charge in [0.05, 0.1) is 6.61 Å². The summed E-state index contributed by atoms with van der Waals surface area (Å²) >= 11 is 0. The molecule has 1 aliphatic rings. The molecule has 0 radical (unpaired) electrons. The molecule has 5 heteroatoms. The van der Waals surface area contributed by atoms with E-state index in [1.807, 2.05) is 0 Å². The first-order chi connectivity index (χ1) is 7.04. The van der Waals surface area contributed by atoms with Crippen LogP contribution in [0.15, 0.2) is 18.2 Å². The highest BCUT2D eigenvalue weighted by molar-refractivity contribution is 5.87. The van der Waals surface area contributed by atoms with Crippen molar-refractivity contribution in [1.29, 1.82) is 0 Å². The van der Waals surface area contributed by atoms with E-state index >= 15 is 0 Å². The van der Waals surface area contributed by atoms with Gasteiger partial charge >= 0.3 is 0 Å². The number of carbonyl (C=O) groups excluding carboxylic acids is 1. The third kappa shape index (κ3) is 1.45. The summed E-state index contributed by atoms with van der Waals surface area (Å²) < 4.78 is 18.3. The van der Waals surface area contributed by atoms with E-state index in [0.717, 1.165) is 0 Å². The number of halogens is 1. The highest BCUT2D eigenvalue weighted by Crippen LogP contribution is 2.35. The first-order valence-corrected chi connectivity index (χ1v) is 4.55. The molecule has 0 saturated heterocycles. The van der Waals surface area contributed by atoms with Crippen LogP contribution in [-0.4, -0.2) is 12.5 Å². The molecular weight excluding hydrogens is 199 g/mol. The Bertz CT molecular complexity index is 422. The fraction of sp³-hybridized carbons (Fsp3) is 0.300. The highest BCUT2D eigenvalue weighted by atomic mass is 19.1. The van der Waals surface area contributed by atoms with Gasteiger partial charge in [0.2, 0.25) is 5.91 Å². The number of hydrogen-bond donors (Lipinski definition) is 2. The molecule has 1 aromatic rings. The summed E-state index contributed by atoms with van der Waals surface area (Å²) in [6.07, 6.45) is 0.263. The first-order valence-electron chi connectivity index (χ1n) is 4.55. The van der Waals surface area contributed by atoms with Crippen LogP contribution >= 0.6 is 0 Å². The van der Waals surface area contributed by atoms with Crippen molar-refractivity contribution in [2.45, 2.75) is 12.0 Å². The number of benzene rings is 1. The van der Waals surface area contributed by atoms with Gasteiger partial charge in [-0.1, -0.05) is 0 Å². The van der Waals surface area contributed by atoms with Crippen LogP contribution < -0.4 is 16.2 Å². The van der Waals surface area contributed by atoms with Gasteiger partial charge in [0.25, 0.3) is 0 Å². The molecule has 15 heavy (non-hydrogen) atoms. The zero-order valence-corrected chi connectivity index (χ0v) is 8.00. The lowest BCUT2D eigenvalue weighted by molar-refractivity contribution is -0.124. The normalized spacial score (nSPS) is 24.1. The number of fused-ring (bicyclic) bond motifs is 1. The van der Waals surface area contributed by atoms with Gasteiger partial charge in [-0.2, -0.15) is 0 Å². The van der Waals surface area contributed by atoms with Crippen molar-refractivity contribution in [2.75, 3.05) is 6.61 Å². The largest absolute Gasteiger partial charge is 0.493 e. The summed E-state index contributed by atoms with van der Waals surface area (Å²) in [7, 11) is 0. The molecular formula is C10H11FN2O2. The Labute approximate surface area is 86.0 Å². The summed E-state index contributed by atoms with van der Waals surface area (Å²) in [6, 6.07) is 3.90. The molecule has 0 fully saturated rings. The SMILES string of the molecule is NC(=O)[C@]1(N)CCOc2ccc(F)cc21. The lowest BCUT2D eigenvalue weighted by atomic mass is 9.85. The van der Waals surface area contributed by atoms with Gasteiger partial charge in [0.1, 0.15) is 17.1 Å². The van der Waals surface area contributed by atoms with E-state index in [0.29, 0.717) is 17.9 Å². The van der Waals surface area contributed by atoms with Gasteiger partial charge in [-0.3, -0.25) is 4.79 Å². The molecule has 0 aromatic heterocycles. The van der Waals surface area contributed by atoms with E-state index in [-0.39, 0.29) is 6.42 Å². The van der Waals surface area contributed by atoms with Crippen LogP contribution in [0.1, 0.15) is 12.0 Å². The Balaban J connectivity index is 2.59. The Morgan fingerprint density at radius 2 is 2.27 bits per heavy atom. The standard InChI is InChI=1S/C10H11FN2O2/c11-6-1-2-8-7(5-6)10(13,9(12)14)3-4-15-8/h1-2,5H,3-4,13H2,(H2,12,14)/t10-/m0/s1. The summed E-state index contributed by atoms with van der Waals surface area (Å²) in [6.45, 7) is 0.304. The molecule has 1 amide bonds. The zero-order valence-electron chi connectivity index (χ0n) is 8.00. The number of hydrogen-bond acceptors (Lipinski definition) is 3. The second-order valence-corrected chi connectivity index (χ2v) is 3.57. The quantitative estimate of drug-likeness (QED) is 0.697. The van der Waals surface area contributed by atoms with Crippen molar-refractivity contribution in [2.24, 2.45) is 11.5 Å². The predicted octanol–water partition coefficient (Wildman–Crippen LogP) is 0.247. The maximum Gasteiger partial charge on any atom is 0.242 e. The fourth-order valence-electron chi connectivity index (χ4n) is 1.69. The van der Waals surface area contributed by atoms with Crippen LogP contribution in [0.4, 0.5) is 4.39 Å². The smallest absolute Gasteiger partial charge is 0.242 e. The number of rotatable bonds is 1. The predicted molar refractivity (Wildman–Crippen MR) is 51.6 cm³/mol. The van der Waals surface area contributed by atoms with E-state index in [9.17, 15) is 9.18 Å². The monoisotopic (exact) mass is 210 g/mol. The van der Waals surface area contributed by atoms with E-state index in [2.05, 4.69) is 0 Å². The van der Waals surface area contributed by atoms with Gasteiger partial charge in [-0.05, 0) is 18.2 Å². The first kappa shape index (κ1) is 9.92. The fourth-order valence-corrected chi connectivity index (χ4v) is 1.69. The Kier molecular flexibility index (Phi) is 2.12. The van der Waals surface area contributed by atoms with Crippen molar-refractivity contribution in [3.63, 3.8) is 0 Å².